The third kappa shape index (κ3) is 3.91. The number of fused-ring (bicyclic) bond motifs is 1. The van der Waals surface area contributed by atoms with Gasteiger partial charge in [0, 0.05) is 17.7 Å². The van der Waals surface area contributed by atoms with Crippen molar-refractivity contribution in [3.05, 3.63) is 84.1 Å². The van der Waals surface area contributed by atoms with E-state index in [-0.39, 0.29) is 0 Å². The van der Waals surface area contributed by atoms with E-state index >= 15 is 0 Å². The van der Waals surface area contributed by atoms with Gasteiger partial charge in [-0.25, -0.2) is 0 Å². The first kappa shape index (κ1) is 18.1. The minimum absolute atomic E-state index is 0.739. The minimum Gasteiger partial charge on any atom is -0.491 e. The van der Waals surface area contributed by atoms with Crippen LogP contribution in [0.15, 0.2) is 73.0 Å². The highest BCUT2D eigenvalue weighted by atomic mass is 16.5. The lowest BCUT2D eigenvalue weighted by atomic mass is 9.97. The van der Waals surface area contributed by atoms with Crippen LogP contribution in [-0.2, 0) is 6.42 Å². The molecule has 1 N–H and O–H groups in total. The minimum atomic E-state index is 0.739. The SMILES string of the molecule is C=C/C=C\C=C1/Cc2ccc(-c3ccccc3C)c(OCCCC)c2N1. The lowest BCUT2D eigenvalue weighted by Gasteiger charge is -2.17. The van der Waals surface area contributed by atoms with Crippen molar-refractivity contribution < 1.29 is 4.74 Å². The van der Waals surface area contributed by atoms with Gasteiger partial charge in [-0.2, -0.15) is 0 Å². The van der Waals surface area contributed by atoms with Crippen LogP contribution in [0.1, 0.15) is 30.9 Å². The summed E-state index contributed by atoms with van der Waals surface area (Å²) in [5, 5.41) is 3.57. The standard InChI is InChI=1S/C24H27NO/c1-4-6-8-12-20-17-19-14-15-22(21-13-10-9-11-18(21)3)24(23(19)25-20)26-16-7-5-2/h4,6,8-15,25H,1,5,7,16-17H2,2-3H3/b8-6-,20-12+. The van der Waals surface area contributed by atoms with Gasteiger partial charge in [0.15, 0.2) is 5.75 Å². The smallest absolute Gasteiger partial charge is 0.150 e. The maximum Gasteiger partial charge on any atom is 0.150 e. The number of unbranched alkanes of at least 4 members (excludes halogenated alkanes) is 1. The number of rotatable bonds is 7. The molecular formula is C24H27NO. The second-order valence-corrected chi connectivity index (χ2v) is 6.61. The van der Waals surface area contributed by atoms with E-state index in [4.69, 9.17) is 4.74 Å². The second kappa shape index (κ2) is 8.57. The molecule has 0 saturated heterocycles. The Balaban J connectivity index is 2.01. The molecule has 1 aliphatic rings. The van der Waals surface area contributed by atoms with Crippen molar-refractivity contribution in [2.75, 3.05) is 11.9 Å². The Morgan fingerprint density at radius 2 is 1.96 bits per heavy atom. The Bertz CT molecular complexity index is 845. The Kier molecular flexibility index (Phi) is 5.96. The summed E-state index contributed by atoms with van der Waals surface area (Å²) in [6.45, 7) is 8.79. The Morgan fingerprint density at radius 1 is 1.12 bits per heavy atom. The predicted molar refractivity (Wildman–Crippen MR) is 112 cm³/mol. The van der Waals surface area contributed by atoms with Crippen LogP contribution in [-0.4, -0.2) is 6.61 Å². The fourth-order valence-corrected chi connectivity index (χ4v) is 3.22. The van der Waals surface area contributed by atoms with Gasteiger partial charge >= 0.3 is 0 Å². The van der Waals surface area contributed by atoms with Crippen LogP contribution >= 0.6 is 0 Å². The summed E-state index contributed by atoms with van der Waals surface area (Å²) in [5.41, 5.74) is 7.23. The third-order valence-corrected chi connectivity index (χ3v) is 4.63. The first-order valence-corrected chi connectivity index (χ1v) is 9.34. The summed E-state index contributed by atoms with van der Waals surface area (Å²) >= 11 is 0. The van der Waals surface area contributed by atoms with E-state index in [2.05, 4.69) is 68.2 Å². The molecule has 0 aromatic heterocycles. The van der Waals surface area contributed by atoms with Crippen LogP contribution in [0, 0.1) is 6.92 Å². The molecule has 0 atom stereocenters. The van der Waals surface area contributed by atoms with Crippen LogP contribution in [0.3, 0.4) is 0 Å². The zero-order chi connectivity index (χ0) is 18.4. The lowest BCUT2D eigenvalue weighted by molar-refractivity contribution is 0.312. The highest BCUT2D eigenvalue weighted by molar-refractivity contribution is 5.84. The molecule has 134 valence electrons. The molecule has 1 heterocycles. The van der Waals surface area contributed by atoms with E-state index in [0.717, 1.165) is 42.9 Å². The van der Waals surface area contributed by atoms with Gasteiger partial charge in [0.2, 0.25) is 0 Å². The van der Waals surface area contributed by atoms with Crippen molar-refractivity contribution in [2.24, 2.45) is 0 Å². The first-order valence-electron chi connectivity index (χ1n) is 9.34. The highest BCUT2D eigenvalue weighted by Gasteiger charge is 2.22. The summed E-state index contributed by atoms with van der Waals surface area (Å²) < 4.78 is 6.28. The molecule has 0 unspecified atom stereocenters. The van der Waals surface area contributed by atoms with E-state index in [0.29, 0.717) is 0 Å². The van der Waals surface area contributed by atoms with Crippen LogP contribution in [0.25, 0.3) is 11.1 Å². The van der Waals surface area contributed by atoms with E-state index < -0.39 is 0 Å². The Labute approximate surface area is 156 Å². The van der Waals surface area contributed by atoms with Gasteiger partial charge in [-0.05, 0) is 36.1 Å². The molecule has 2 aromatic carbocycles. The first-order chi connectivity index (χ1) is 12.7. The van der Waals surface area contributed by atoms with E-state index in [1.807, 2.05) is 12.2 Å². The van der Waals surface area contributed by atoms with Crippen molar-refractivity contribution in [3.63, 3.8) is 0 Å². The van der Waals surface area contributed by atoms with E-state index in [9.17, 15) is 0 Å². The second-order valence-electron chi connectivity index (χ2n) is 6.61. The van der Waals surface area contributed by atoms with Crippen LogP contribution in [0.4, 0.5) is 5.69 Å². The van der Waals surface area contributed by atoms with Gasteiger partial charge in [-0.3, -0.25) is 0 Å². The van der Waals surface area contributed by atoms with Gasteiger partial charge in [0.05, 0.1) is 12.3 Å². The molecular weight excluding hydrogens is 318 g/mol. The van der Waals surface area contributed by atoms with Crippen molar-refractivity contribution in [1.82, 2.24) is 0 Å². The normalized spacial score (nSPS) is 14.5. The van der Waals surface area contributed by atoms with Crippen LogP contribution in [0.2, 0.25) is 0 Å². The highest BCUT2D eigenvalue weighted by Crippen LogP contribution is 2.44. The van der Waals surface area contributed by atoms with Crippen molar-refractivity contribution in [2.45, 2.75) is 33.1 Å². The number of hydrogen-bond acceptors (Lipinski definition) is 2. The number of benzene rings is 2. The maximum absolute atomic E-state index is 6.28. The maximum atomic E-state index is 6.28. The average molecular weight is 345 g/mol. The van der Waals surface area contributed by atoms with Gasteiger partial charge < -0.3 is 10.1 Å². The van der Waals surface area contributed by atoms with Gasteiger partial charge in [0.25, 0.3) is 0 Å². The number of hydrogen-bond donors (Lipinski definition) is 1. The fourth-order valence-electron chi connectivity index (χ4n) is 3.22. The molecule has 0 fully saturated rings. The quantitative estimate of drug-likeness (QED) is 0.461. The number of allylic oxidation sites excluding steroid dienone is 5. The molecule has 0 aliphatic carbocycles. The largest absolute Gasteiger partial charge is 0.491 e. The monoisotopic (exact) mass is 345 g/mol. The molecule has 2 heteroatoms. The molecule has 0 radical (unpaired) electrons. The number of ether oxygens (including phenoxy) is 1. The molecule has 0 amide bonds. The van der Waals surface area contributed by atoms with Gasteiger partial charge in [0.1, 0.15) is 0 Å². The van der Waals surface area contributed by atoms with E-state index in [1.165, 1.54) is 22.4 Å². The Morgan fingerprint density at radius 3 is 2.73 bits per heavy atom. The lowest BCUT2D eigenvalue weighted by Crippen LogP contribution is -2.02. The molecule has 0 spiro atoms. The molecule has 0 bridgehead atoms. The van der Waals surface area contributed by atoms with E-state index in [1.54, 1.807) is 6.08 Å². The molecule has 2 aromatic rings. The van der Waals surface area contributed by atoms with Gasteiger partial charge in [-0.15, -0.1) is 0 Å². The molecule has 0 saturated carbocycles. The topological polar surface area (TPSA) is 21.3 Å². The van der Waals surface area contributed by atoms with Gasteiger partial charge in [-0.1, -0.05) is 74.5 Å². The van der Waals surface area contributed by atoms with Crippen LogP contribution in [0.5, 0.6) is 5.75 Å². The molecule has 26 heavy (non-hydrogen) atoms. The summed E-state index contributed by atoms with van der Waals surface area (Å²) in [4.78, 5) is 0. The summed E-state index contributed by atoms with van der Waals surface area (Å²) in [7, 11) is 0. The summed E-state index contributed by atoms with van der Waals surface area (Å²) in [5.74, 6) is 0.973. The molecule has 2 nitrogen and oxygen atoms in total. The number of nitrogens with one attached hydrogen (secondary N) is 1. The fraction of sp³-hybridized carbons (Fsp3) is 0.250. The molecule has 3 rings (SSSR count). The van der Waals surface area contributed by atoms with Crippen molar-refractivity contribution in [1.29, 1.82) is 0 Å². The molecule has 1 aliphatic heterocycles. The number of aryl methyl sites for hydroxylation is 1. The predicted octanol–water partition coefficient (Wildman–Crippen LogP) is 6.44. The third-order valence-electron chi connectivity index (χ3n) is 4.63. The summed E-state index contributed by atoms with van der Waals surface area (Å²) in [6.07, 6.45) is 10.9. The number of anilines is 1. The zero-order valence-corrected chi connectivity index (χ0v) is 15.7. The zero-order valence-electron chi connectivity index (χ0n) is 15.7. The van der Waals surface area contributed by atoms with Crippen molar-refractivity contribution >= 4 is 5.69 Å². The Hall–Kier alpha value is -2.74. The van der Waals surface area contributed by atoms with Crippen LogP contribution < -0.4 is 10.1 Å². The average Bonchev–Trinajstić information content (AvgIpc) is 3.06. The van der Waals surface area contributed by atoms with Crippen molar-refractivity contribution in [3.8, 4) is 16.9 Å². The summed E-state index contributed by atoms with van der Waals surface area (Å²) in [6, 6.07) is 12.9.